The minimum absolute atomic E-state index is 0.00395. The lowest BCUT2D eigenvalue weighted by Crippen LogP contribution is -2.43. The Kier molecular flexibility index (Phi) is 6.80. The molecule has 1 saturated heterocycles. The van der Waals surface area contributed by atoms with Crippen LogP contribution in [-0.2, 0) is 11.3 Å². The van der Waals surface area contributed by atoms with Gasteiger partial charge in [-0.3, -0.25) is 4.79 Å². The second kappa shape index (κ2) is 9.91. The lowest BCUT2D eigenvalue weighted by atomic mass is 9.99. The largest absolute Gasteiger partial charge is 0.496 e. The summed E-state index contributed by atoms with van der Waals surface area (Å²) in [6.45, 7) is 3.13. The molecule has 0 bridgehead atoms. The van der Waals surface area contributed by atoms with Gasteiger partial charge in [-0.25, -0.2) is 9.97 Å². The molecule has 1 aliphatic rings. The summed E-state index contributed by atoms with van der Waals surface area (Å²) in [6.07, 6.45) is 7.47. The van der Waals surface area contributed by atoms with Gasteiger partial charge in [0, 0.05) is 31.5 Å². The molecule has 8 nitrogen and oxygen atoms in total. The number of carbonyl (C=O) groups is 1. The zero-order valence-corrected chi connectivity index (χ0v) is 18.8. The third kappa shape index (κ3) is 4.23. The number of hydrogen-bond acceptors (Lipinski definition) is 6. The quantitative estimate of drug-likeness (QED) is 0.560. The van der Waals surface area contributed by atoms with Gasteiger partial charge in [0.2, 0.25) is 0 Å². The number of methoxy groups -OCH3 is 2. The van der Waals surface area contributed by atoms with Crippen molar-refractivity contribution in [1.82, 2.24) is 24.6 Å². The Bertz CT molecular complexity index is 1080. The van der Waals surface area contributed by atoms with Crippen molar-refractivity contribution in [2.45, 2.75) is 45.3 Å². The van der Waals surface area contributed by atoms with Gasteiger partial charge in [0.05, 0.1) is 36.9 Å². The standard InChI is InChI=1S/C24H29N5O3/c1-4-17-9-7-8-14-28(17)23(30)19-15-26-29(21(19)16-31-2)24-25-13-12-20(27-24)18-10-5-6-11-22(18)32-3/h5-6,10-13,15,17H,4,7-9,14,16H2,1-3H3/t17-/m1/s1. The molecule has 0 radical (unpaired) electrons. The number of aromatic nitrogens is 4. The number of ether oxygens (including phenoxy) is 2. The van der Waals surface area contributed by atoms with E-state index in [0.717, 1.165) is 43.5 Å². The second-order valence-corrected chi connectivity index (χ2v) is 7.85. The molecule has 0 N–H and O–H groups in total. The van der Waals surface area contributed by atoms with Crippen LogP contribution in [0.3, 0.4) is 0 Å². The van der Waals surface area contributed by atoms with Crippen molar-refractivity contribution in [2.24, 2.45) is 0 Å². The van der Waals surface area contributed by atoms with E-state index in [0.29, 0.717) is 22.9 Å². The van der Waals surface area contributed by atoms with Crippen molar-refractivity contribution in [3.8, 4) is 23.0 Å². The van der Waals surface area contributed by atoms with Gasteiger partial charge in [0.15, 0.2) is 0 Å². The summed E-state index contributed by atoms with van der Waals surface area (Å²) in [5.41, 5.74) is 2.75. The molecule has 0 aliphatic carbocycles. The molecule has 32 heavy (non-hydrogen) atoms. The molecule has 1 atom stereocenters. The minimum Gasteiger partial charge on any atom is -0.496 e. The third-order valence-corrected chi connectivity index (χ3v) is 5.95. The van der Waals surface area contributed by atoms with Crippen LogP contribution in [0.4, 0.5) is 0 Å². The van der Waals surface area contributed by atoms with E-state index in [1.807, 2.05) is 35.2 Å². The van der Waals surface area contributed by atoms with Crippen molar-refractivity contribution >= 4 is 5.91 Å². The number of hydrogen-bond donors (Lipinski definition) is 0. The summed E-state index contributed by atoms with van der Waals surface area (Å²) in [5.74, 6) is 1.10. The Labute approximate surface area is 188 Å². The highest BCUT2D eigenvalue weighted by Gasteiger charge is 2.30. The topological polar surface area (TPSA) is 82.4 Å². The van der Waals surface area contributed by atoms with Crippen LogP contribution in [-0.4, -0.2) is 57.4 Å². The van der Waals surface area contributed by atoms with Gasteiger partial charge < -0.3 is 14.4 Å². The first-order chi connectivity index (χ1) is 15.7. The normalized spacial score (nSPS) is 16.2. The highest BCUT2D eigenvalue weighted by Crippen LogP contribution is 2.29. The Morgan fingerprint density at radius 2 is 2.03 bits per heavy atom. The Morgan fingerprint density at radius 1 is 1.19 bits per heavy atom. The van der Waals surface area contributed by atoms with Gasteiger partial charge in [-0.2, -0.15) is 9.78 Å². The Balaban J connectivity index is 1.72. The number of para-hydroxylation sites is 1. The monoisotopic (exact) mass is 435 g/mol. The van der Waals surface area contributed by atoms with Gasteiger partial charge in [0.1, 0.15) is 5.75 Å². The van der Waals surface area contributed by atoms with E-state index in [-0.39, 0.29) is 18.6 Å². The summed E-state index contributed by atoms with van der Waals surface area (Å²) in [7, 11) is 3.24. The van der Waals surface area contributed by atoms with Gasteiger partial charge in [-0.15, -0.1) is 0 Å². The lowest BCUT2D eigenvalue weighted by molar-refractivity contribution is 0.0603. The van der Waals surface area contributed by atoms with Crippen LogP contribution >= 0.6 is 0 Å². The summed E-state index contributed by atoms with van der Waals surface area (Å²) in [5, 5.41) is 4.48. The summed E-state index contributed by atoms with van der Waals surface area (Å²) < 4.78 is 12.5. The minimum atomic E-state index is -0.00395. The van der Waals surface area contributed by atoms with Gasteiger partial charge >= 0.3 is 0 Å². The highest BCUT2D eigenvalue weighted by atomic mass is 16.5. The summed E-state index contributed by atoms with van der Waals surface area (Å²) >= 11 is 0. The zero-order chi connectivity index (χ0) is 22.5. The number of piperidine rings is 1. The van der Waals surface area contributed by atoms with Crippen LogP contribution in [0.25, 0.3) is 17.2 Å². The molecule has 0 spiro atoms. The molecule has 1 aliphatic heterocycles. The van der Waals surface area contributed by atoms with E-state index in [4.69, 9.17) is 14.5 Å². The molecule has 4 rings (SSSR count). The van der Waals surface area contributed by atoms with Crippen molar-refractivity contribution in [2.75, 3.05) is 20.8 Å². The molecule has 168 valence electrons. The first kappa shape index (κ1) is 22.0. The molecular formula is C24H29N5O3. The number of rotatable bonds is 7. The summed E-state index contributed by atoms with van der Waals surface area (Å²) in [4.78, 5) is 24.6. The fourth-order valence-electron chi connectivity index (χ4n) is 4.30. The van der Waals surface area contributed by atoms with E-state index < -0.39 is 0 Å². The predicted molar refractivity (Wildman–Crippen MR) is 121 cm³/mol. The smallest absolute Gasteiger partial charge is 0.257 e. The second-order valence-electron chi connectivity index (χ2n) is 7.85. The number of nitrogens with zero attached hydrogens (tertiary/aromatic N) is 5. The molecule has 1 amide bonds. The van der Waals surface area contributed by atoms with Crippen molar-refractivity contribution in [3.05, 3.63) is 54.0 Å². The average molecular weight is 436 g/mol. The number of benzene rings is 1. The Hall–Kier alpha value is -3.26. The Morgan fingerprint density at radius 3 is 2.81 bits per heavy atom. The first-order valence-electron chi connectivity index (χ1n) is 11.0. The molecule has 1 aromatic carbocycles. The number of likely N-dealkylation sites (tertiary alicyclic amines) is 1. The molecule has 3 heterocycles. The first-order valence-corrected chi connectivity index (χ1v) is 11.0. The van der Waals surface area contributed by atoms with E-state index >= 15 is 0 Å². The zero-order valence-electron chi connectivity index (χ0n) is 18.8. The van der Waals surface area contributed by atoms with Crippen molar-refractivity contribution in [3.63, 3.8) is 0 Å². The lowest BCUT2D eigenvalue weighted by Gasteiger charge is -2.35. The number of amides is 1. The fraction of sp³-hybridized carbons (Fsp3) is 0.417. The van der Waals surface area contributed by atoms with E-state index in [1.54, 1.807) is 31.3 Å². The molecule has 0 unspecified atom stereocenters. The van der Waals surface area contributed by atoms with E-state index in [2.05, 4.69) is 17.0 Å². The molecule has 0 saturated carbocycles. The van der Waals surface area contributed by atoms with Crippen LogP contribution in [0.2, 0.25) is 0 Å². The summed E-state index contributed by atoms with van der Waals surface area (Å²) in [6, 6.07) is 9.77. The van der Waals surface area contributed by atoms with Crippen molar-refractivity contribution in [1.29, 1.82) is 0 Å². The number of carbonyl (C=O) groups excluding carboxylic acids is 1. The maximum atomic E-state index is 13.4. The SMILES string of the molecule is CC[C@@H]1CCCCN1C(=O)c1cnn(-c2nccc(-c3ccccc3OC)n2)c1COC. The van der Waals surface area contributed by atoms with Crippen LogP contribution in [0.5, 0.6) is 5.75 Å². The fourth-order valence-corrected chi connectivity index (χ4v) is 4.30. The molecule has 1 fully saturated rings. The molecule has 2 aromatic heterocycles. The highest BCUT2D eigenvalue weighted by molar-refractivity contribution is 5.95. The van der Waals surface area contributed by atoms with Crippen molar-refractivity contribution < 1.29 is 14.3 Å². The van der Waals surface area contributed by atoms with Gasteiger partial charge in [-0.05, 0) is 43.9 Å². The van der Waals surface area contributed by atoms with Gasteiger partial charge in [-0.1, -0.05) is 19.1 Å². The van der Waals surface area contributed by atoms with Crippen LogP contribution in [0, 0.1) is 0 Å². The predicted octanol–water partition coefficient (Wildman–Crippen LogP) is 3.89. The molecule has 8 heteroatoms. The molecular weight excluding hydrogens is 406 g/mol. The van der Waals surface area contributed by atoms with Crippen LogP contribution in [0.1, 0.15) is 48.7 Å². The van der Waals surface area contributed by atoms with E-state index in [1.165, 1.54) is 0 Å². The molecule has 3 aromatic rings. The maximum absolute atomic E-state index is 13.4. The van der Waals surface area contributed by atoms with Crippen LogP contribution < -0.4 is 4.74 Å². The average Bonchev–Trinajstić information content (AvgIpc) is 3.27. The van der Waals surface area contributed by atoms with E-state index in [9.17, 15) is 4.79 Å². The van der Waals surface area contributed by atoms with Gasteiger partial charge in [0.25, 0.3) is 11.9 Å². The van der Waals surface area contributed by atoms with Crippen LogP contribution in [0.15, 0.2) is 42.7 Å². The maximum Gasteiger partial charge on any atom is 0.257 e. The third-order valence-electron chi connectivity index (χ3n) is 5.95.